The van der Waals surface area contributed by atoms with Gasteiger partial charge < -0.3 is 21.1 Å². The van der Waals surface area contributed by atoms with E-state index in [1.807, 2.05) is 5.32 Å². The first-order chi connectivity index (χ1) is 9.49. The predicted molar refractivity (Wildman–Crippen MR) is 63.9 cm³/mol. The molecular formula is C10H10BF5N2O3. The zero-order valence-corrected chi connectivity index (χ0v) is 10.3. The van der Waals surface area contributed by atoms with E-state index in [0.29, 0.717) is 6.07 Å². The molecule has 0 fully saturated rings. The molecule has 0 saturated heterocycles. The van der Waals surface area contributed by atoms with Crippen LogP contribution in [0.4, 0.5) is 27.6 Å². The molecule has 0 spiro atoms. The first kappa shape index (κ1) is 17.3. The standard InChI is InChI=1S/C10H10BF5N2O3/c12-9(13,10(14,15)16)5-1-6(11(20)21)3-7(2-5)18-8(19)4-17/h1-3,20-21H,4,17H2,(H,18,19). The summed E-state index contributed by atoms with van der Waals surface area (Å²) >= 11 is 0. The number of benzene rings is 1. The maximum atomic E-state index is 13.3. The third-order valence-electron chi connectivity index (χ3n) is 2.44. The van der Waals surface area contributed by atoms with Crippen LogP contribution in [0.5, 0.6) is 0 Å². The second kappa shape index (κ2) is 5.96. The summed E-state index contributed by atoms with van der Waals surface area (Å²) in [6.07, 6.45) is -5.87. The zero-order valence-electron chi connectivity index (χ0n) is 10.3. The summed E-state index contributed by atoms with van der Waals surface area (Å²) in [6, 6.07) is 1.51. The number of carbonyl (C=O) groups excluding carboxylic acids is 1. The van der Waals surface area contributed by atoms with Gasteiger partial charge in [-0.3, -0.25) is 4.79 Å². The van der Waals surface area contributed by atoms with Gasteiger partial charge in [0, 0.05) is 11.3 Å². The Morgan fingerprint density at radius 3 is 2.19 bits per heavy atom. The largest absolute Gasteiger partial charge is 0.488 e. The zero-order chi connectivity index (χ0) is 16.4. The second-order valence-corrected chi connectivity index (χ2v) is 4.04. The summed E-state index contributed by atoms with van der Waals surface area (Å²) in [5.41, 5.74) is 2.34. The van der Waals surface area contributed by atoms with Crippen molar-refractivity contribution in [2.24, 2.45) is 5.73 Å². The summed E-state index contributed by atoms with van der Waals surface area (Å²) in [6.45, 7) is -0.531. The van der Waals surface area contributed by atoms with E-state index >= 15 is 0 Å². The van der Waals surface area contributed by atoms with Crippen LogP contribution in [0.15, 0.2) is 18.2 Å². The number of nitrogens with two attached hydrogens (primary N) is 1. The minimum Gasteiger partial charge on any atom is -0.423 e. The fourth-order valence-corrected chi connectivity index (χ4v) is 1.43. The smallest absolute Gasteiger partial charge is 0.423 e. The van der Waals surface area contributed by atoms with Crippen molar-refractivity contribution in [3.05, 3.63) is 23.8 Å². The molecule has 0 aliphatic carbocycles. The lowest BCUT2D eigenvalue weighted by Crippen LogP contribution is -2.37. The minimum atomic E-state index is -5.87. The number of rotatable bonds is 4. The lowest BCUT2D eigenvalue weighted by atomic mass is 9.78. The van der Waals surface area contributed by atoms with Crippen LogP contribution < -0.4 is 16.5 Å². The number of hydrogen-bond donors (Lipinski definition) is 4. The number of amides is 1. The van der Waals surface area contributed by atoms with Gasteiger partial charge in [-0.05, 0) is 17.6 Å². The lowest BCUT2D eigenvalue weighted by molar-refractivity contribution is -0.289. The van der Waals surface area contributed by atoms with E-state index < -0.39 is 48.4 Å². The first-order valence-electron chi connectivity index (χ1n) is 5.45. The third kappa shape index (κ3) is 3.89. The molecule has 0 saturated carbocycles. The lowest BCUT2D eigenvalue weighted by Gasteiger charge is -2.21. The van der Waals surface area contributed by atoms with Gasteiger partial charge in [0.05, 0.1) is 6.54 Å². The molecule has 0 aromatic heterocycles. The molecule has 0 bridgehead atoms. The Morgan fingerprint density at radius 1 is 1.19 bits per heavy atom. The summed E-state index contributed by atoms with van der Waals surface area (Å²) < 4.78 is 63.5. The molecule has 21 heavy (non-hydrogen) atoms. The fraction of sp³-hybridized carbons (Fsp3) is 0.300. The highest BCUT2D eigenvalue weighted by atomic mass is 19.4. The van der Waals surface area contributed by atoms with Gasteiger partial charge in [-0.15, -0.1) is 0 Å². The van der Waals surface area contributed by atoms with E-state index in [0.717, 1.165) is 6.07 Å². The Bertz CT molecular complexity index is 536. The Labute approximate surface area is 115 Å². The highest BCUT2D eigenvalue weighted by Gasteiger charge is 2.58. The van der Waals surface area contributed by atoms with Crippen LogP contribution >= 0.6 is 0 Å². The summed E-state index contributed by atoms with van der Waals surface area (Å²) in [5, 5.41) is 19.8. The van der Waals surface area contributed by atoms with Gasteiger partial charge in [0.15, 0.2) is 0 Å². The molecule has 11 heteroatoms. The van der Waals surface area contributed by atoms with Gasteiger partial charge in [0.1, 0.15) is 0 Å². The Hall–Kier alpha value is -1.72. The molecule has 0 radical (unpaired) electrons. The van der Waals surface area contributed by atoms with Gasteiger partial charge in [-0.1, -0.05) is 6.07 Å². The van der Waals surface area contributed by atoms with E-state index in [1.54, 1.807) is 0 Å². The van der Waals surface area contributed by atoms with Gasteiger partial charge >= 0.3 is 19.2 Å². The van der Waals surface area contributed by atoms with E-state index in [9.17, 15) is 26.7 Å². The molecule has 0 heterocycles. The summed E-state index contributed by atoms with van der Waals surface area (Å²) in [4.78, 5) is 11.0. The van der Waals surface area contributed by atoms with Crippen molar-refractivity contribution in [2.75, 3.05) is 11.9 Å². The van der Waals surface area contributed by atoms with Gasteiger partial charge in [-0.2, -0.15) is 22.0 Å². The topological polar surface area (TPSA) is 95.6 Å². The van der Waals surface area contributed by atoms with Crippen molar-refractivity contribution in [2.45, 2.75) is 12.1 Å². The number of nitrogens with one attached hydrogen (secondary N) is 1. The number of anilines is 1. The SMILES string of the molecule is NCC(=O)Nc1cc(B(O)O)cc(C(F)(F)C(F)(F)F)c1. The number of halogens is 5. The number of hydrogen-bond acceptors (Lipinski definition) is 4. The van der Waals surface area contributed by atoms with Crippen molar-refractivity contribution in [3.63, 3.8) is 0 Å². The average molecular weight is 312 g/mol. The third-order valence-corrected chi connectivity index (χ3v) is 2.44. The molecule has 5 N–H and O–H groups in total. The van der Waals surface area contributed by atoms with Crippen molar-refractivity contribution in [1.82, 2.24) is 0 Å². The van der Waals surface area contributed by atoms with Crippen LogP contribution in [0.25, 0.3) is 0 Å². The minimum absolute atomic E-state index is 0.288. The predicted octanol–water partition coefficient (Wildman–Crippen LogP) is -0.0823. The average Bonchev–Trinajstić information content (AvgIpc) is 2.36. The molecule has 116 valence electrons. The number of alkyl halides is 5. The fourth-order valence-electron chi connectivity index (χ4n) is 1.43. The van der Waals surface area contributed by atoms with Crippen LogP contribution in [-0.4, -0.2) is 35.8 Å². The van der Waals surface area contributed by atoms with Gasteiger partial charge in [0.2, 0.25) is 5.91 Å². The Balaban J connectivity index is 3.35. The van der Waals surface area contributed by atoms with Crippen LogP contribution in [0.2, 0.25) is 0 Å². The van der Waals surface area contributed by atoms with Gasteiger partial charge in [-0.25, -0.2) is 0 Å². The first-order valence-corrected chi connectivity index (χ1v) is 5.45. The van der Waals surface area contributed by atoms with Crippen molar-refractivity contribution >= 4 is 24.2 Å². The molecule has 1 aromatic carbocycles. The van der Waals surface area contributed by atoms with Crippen LogP contribution in [0, 0.1) is 0 Å². The van der Waals surface area contributed by atoms with E-state index in [2.05, 4.69) is 0 Å². The van der Waals surface area contributed by atoms with E-state index in [-0.39, 0.29) is 6.07 Å². The molecule has 5 nitrogen and oxygen atoms in total. The maximum absolute atomic E-state index is 13.3. The molecule has 0 unspecified atom stereocenters. The molecule has 1 amide bonds. The molecule has 1 rings (SSSR count). The van der Waals surface area contributed by atoms with Crippen LogP contribution in [0.1, 0.15) is 5.56 Å². The molecule has 0 aliphatic heterocycles. The molecule has 1 aromatic rings. The molecule has 0 atom stereocenters. The van der Waals surface area contributed by atoms with Crippen molar-refractivity contribution in [1.29, 1.82) is 0 Å². The number of carbonyl (C=O) groups is 1. The Kier molecular flexibility index (Phi) is 4.92. The summed E-state index contributed by atoms with van der Waals surface area (Å²) in [5.74, 6) is -6.07. The van der Waals surface area contributed by atoms with E-state index in [1.165, 1.54) is 0 Å². The molecule has 0 aliphatic rings. The maximum Gasteiger partial charge on any atom is 0.488 e. The Morgan fingerprint density at radius 2 is 1.76 bits per heavy atom. The second-order valence-electron chi connectivity index (χ2n) is 4.04. The van der Waals surface area contributed by atoms with Crippen molar-refractivity contribution < 1.29 is 36.8 Å². The van der Waals surface area contributed by atoms with Gasteiger partial charge in [0.25, 0.3) is 0 Å². The highest BCUT2D eigenvalue weighted by molar-refractivity contribution is 6.58. The summed E-state index contributed by atoms with van der Waals surface area (Å²) in [7, 11) is -2.29. The van der Waals surface area contributed by atoms with Crippen LogP contribution in [-0.2, 0) is 10.7 Å². The van der Waals surface area contributed by atoms with E-state index in [4.69, 9.17) is 15.8 Å². The van der Waals surface area contributed by atoms with Crippen molar-refractivity contribution in [3.8, 4) is 0 Å². The quantitative estimate of drug-likeness (QED) is 0.462. The monoisotopic (exact) mass is 312 g/mol. The highest BCUT2D eigenvalue weighted by Crippen LogP contribution is 2.44. The molecular weight excluding hydrogens is 302 g/mol. The normalized spacial score (nSPS) is 12.2. The van der Waals surface area contributed by atoms with Crippen LogP contribution in [0.3, 0.4) is 0 Å².